The highest BCUT2D eigenvalue weighted by Gasteiger charge is 2.24. The van der Waals surface area contributed by atoms with Crippen molar-refractivity contribution in [3.05, 3.63) is 66.0 Å². The summed E-state index contributed by atoms with van der Waals surface area (Å²) in [5.74, 6) is 0.280. The molecule has 1 aromatic heterocycles. The van der Waals surface area contributed by atoms with Crippen LogP contribution in [0.5, 0.6) is 11.6 Å². The molecule has 1 amide bonds. The van der Waals surface area contributed by atoms with Crippen LogP contribution >= 0.6 is 0 Å². The van der Waals surface area contributed by atoms with Crippen LogP contribution < -0.4 is 4.74 Å². The molecular weight excluding hydrogens is 407 g/mol. The predicted octanol–water partition coefficient (Wildman–Crippen LogP) is 4.12. The molecule has 0 unspecified atom stereocenters. The summed E-state index contributed by atoms with van der Waals surface area (Å²) in [6, 6.07) is 16.1. The molecule has 1 fully saturated rings. The van der Waals surface area contributed by atoms with E-state index in [-0.39, 0.29) is 11.7 Å². The number of halogens is 1. The zero-order valence-corrected chi connectivity index (χ0v) is 18.6. The monoisotopic (exact) mass is 436 g/mol. The van der Waals surface area contributed by atoms with E-state index in [2.05, 4.69) is 16.9 Å². The zero-order chi connectivity index (χ0) is 22.5. The summed E-state index contributed by atoms with van der Waals surface area (Å²) in [6.07, 6.45) is 0.819. The second kappa shape index (κ2) is 9.96. The summed E-state index contributed by atoms with van der Waals surface area (Å²) in [5, 5.41) is 4.66. The van der Waals surface area contributed by atoms with Gasteiger partial charge in [0.1, 0.15) is 0 Å². The van der Waals surface area contributed by atoms with E-state index in [0.29, 0.717) is 18.7 Å². The fourth-order valence-electron chi connectivity index (χ4n) is 4.07. The number of aromatic nitrogens is 2. The van der Waals surface area contributed by atoms with Gasteiger partial charge in [-0.2, -0.15) is 5.10 Å². The van der Waals surface area contributed by atoms with Crippen molar-refractivity contribution in [3.63, 3.8) is 0 Å². The summed E-state index contributed by atoms with van der Waals surface area (Å²) in [6.45, 7) is 6.47. The molecule has 1 aliphatic rings. The number of carbonyl (C=O) groups excluding carboxylic acids is 1. The smallest absolute Gasteiger partial charge is 0.222 e. The largest absolute Gasteiger partial charge is 0.436 e. The van der Waals surface area contributed by atoms with Crippen molar-refractivity contribution in [2.75, 3.05) is 32.7 Å². The lowest BCUT2D eigenvalue weighted by molar-refractivity contribution is -0.132. The van der Waals surface area contributed by atoms with Crippen LogP contribution in [0, 0.1) is 5.82 Å². The number of hydrogen-bond acceptors (Lipinski definition) is 4. The average Bonchev–Trinajstić information content (AvgIpc) is 3.14. The van der Waals surface area contributed by atoms with Crippen LogP contribution in [-0.4, -0.2) is 58.2 Å². The molecule has 3 aromatic rings. The van der Waals surface area contributed by atoms with Gasteiger partial charge < -0.3 is 14.5 Å². The number of nitrogens with zero attached hydrogens (tertiary/aromatic N) is 4. The first-order chi connectivity index (χ1) is 15.6. The van der Waals surface area contributed by atoms with E-state index < -0.39 is 5.82 Å². The number of hydrogen-bond donors (Lipinski definition) is 0. The van der Waals surface area contributed by atoms with Crippen LogP contribution in [0.25, 0.3) is 11.3 Å². The summed E-state index contributed by atoms with van der Waals surface area (Å²) >= 11 is 0. The van der Waals surface area contributed by atoms with Crippen molar-refractivity contribution in [3.8, 4) is 22.9 Å². The Balaban J connectivity index is 1.58. The number of para-hydroxylation sites is 1. The number of likely N-dealkylation sites (N-methyl/N-ethyl adjacent to an activating group) is 1. The number of rotatable bonds is 7. The van der Waals surface area contributed by atoms with Crippen LogP contribution in [0.4, 0.5) is 4.39 Å². The number of piperazine rings is 1. The molecule has 1 saturated heterocycles. The summed E-state index contributed by atoms with van der Waals surface area (Å²) in [4.78, 5) is 17.2. The van der Waals surface area contributed by atoms with Gasteiger partial charge in [0.15, 0.2) is 11.6 Å². The van der Waals surface area contributed by atoms with Crippen LogP contribution in [-0.2, 0) is 18.3 Å². The molecule has 4 rings (SSSR count). The van der Waals surface area contributed by atoms with Gasteiger partial charge in [-0.15, -0.1) is 0 Å². The van der Waals surface area contributed by atoms with E-state index >= 15 is 0 Å². The number of ether oxygens (including phenoxy) is 1. The van der Waals surface area contributed by atoms with E-state index in [1.165, 1.54) is 6.07 Å². The molecular formula is C25H29FN4O2. The van der Waals surface area contributed by atoms with Gasteiger partial charge in [0.25, 0.3) is 0 Å². The molecule has 2 heterocycles. The lowest BCUT2D eigenvalue weighted by Crippen LogP contribution is -2.48. The van der Waals surface area contributed by atoms with Crippen molar-refractivity contribution in [2.45, 2.75) is 19.8 Å². The molecule has 0 atom stereocenters. The van der Waals surface area contributed by atoms with Crippen LogP contribution in [0.1, 0.15) is 18.9 Å². The van der Waals surface area contributed by atoms with E-state index in [4.69, 9.17) is 4.74 Å². The highest BCUT2D eigenvalue weighted by Crippen LogP contribution is 2.34. The molecule has 0 bridgehead atoms. The minimum Gasteiger partial charge on any atom is -0.436 e. The first kappa shape index (κ1) is 22.0. The van der Waals surface area contributed by atoms with Gasteiger partial charge in [0, 0.05) is 50.8 Å². The summed E-state index contributed by atoms with van der Waals surface area (Å²) in [7, 11) is 1.78. The lowest BCUT2D eigenvalue weighted by atomic mass is 10.0. The molecule has 32 heavy (non-hydrogen) atoms. The van der Waals surface area contributed by atoms with Crippen LogP contribution in [0.2, 0.25) is 0 Å². The van der Waals surface area contributed by atoms with E-state index in [1.807, 2.05) is 35.2 Å². The van der Waals surface area contributed by atoms with Gasteiger partial charge in [0.05, 0.1) is 5.69 Å². The molecule has 2 aromatic carbocycles. The minimum atomic E-state index is -0.439. The first-order valence-corrected chi connectivity index (χ1v) is 11.1. The van der Waals surface area contributed by atoms with E-state index in [1.54, 1.807) is 29.9 Å². The Kier molecular flexibility index (Phi) is 6.85. The Morgan fingerprint density at radius 2 is 1.72 bits per heavy atom. The molecule has 168 valence electrons. The van der Waals surface area contributed by atoms with Gasteiger partial charge in [-0.3, -0.25) is 4.79 Å². The fourth-order valence-corrected chi connectivity index (χ4v) is 4.07. The van der Waals surface area contributed by atoms with Crippen LogP contribution in [0.15, 0.2) is 54.6 Å². The Morgan fingerprint density at radius 3 is 2.41 bits per heavy atom. The molecule has 0 saturated carbocycles. The summed E-state index contributed by atoms with van der Waals surface area (Å²) in [5.41, 5.74) is 2.50. The molecule has 6 nitrogen and oxygen atoms in total. The topological polar surface area (TPSA) is 50.6 Å². The van der Waals surface area contributed by atoms with E-state index in [0.717, 1.165) is 49.5 Å². The molecule has 0 aliphatic carbocycles. The van der Waals surface area contributed by atoms with Gasteiger partial charge in [-0.1, -0.05) is 49.4 Å². The molecule has 0 N–H and O–H groups in total. The second-order valence-electron chi connectivity index (χ2n) is 7.97. The fraction of sp³-hybridized carbons (Fsp3) is 0.360. The van der Waals surface area contributed by atoms with Crippen molar-refractivity contribution >= 4 is 5.91 Å². The Labute approximate surface area is 188 Å². The standard InChI is InChI=1S/C25H29FN4O2/c1-3-29-15-17-30(18-16-29)23(31)14-13-20-24(19-9-5-4-6-10-19)27-28(2)25(20)32-22-12-8-7-11-21(22)26/h4-12H,3,13-18H2,1-2H3. The third-order valence-corrected chi connectivity index (χ3v) is 5.94. The molecule has 1 aliphatic heterocycles. The maximum absolute atomic E-state index is 14.3. The summed E-state index contributed by atoms with van der Waals surface area (Å²) < 4.78 is 21.9. The zero-order valence-electron chi connectivity index (χ0n) is 18.6. The van der Waals surface area contributed by atoms with Crippen molar-refractivity contribution in [2.24, 2.45) is 7.05 Å². The van der Waals surface area contributed by atoms with Crippen LogP contribution in [0.3, 0.4) is 0 Å². The number of aryl methyl sites for hydroxylation is 1. The maximum atomic E-state index is 14.3. The SMILES string of the molecule is CCN1CCN(C(=O)CCc2c(-c3ccccc3)nn(C)c2Oc2ccccc2F)CC1. The molecule has 0 spiro atoms. The third-order valence-electron chi connectivity index (χ3n) is 5.94. The first-order valence-electron chi connectivity index (χ1n) is 11.1. The highest BCUT2D eigenvalue weighted by molar-refractivity contribution is 5.77. The molecule has 7 heteroatoms. The quantitative estimate of drug-likeness (QED) is 0.559. The van der Waals surface area contributed by atoms with Gasteiger partial charge >= 0.3 is 0 Å². The Hall–Kier alpha value is -3.19. The van der Waals surface area contributed by atoms with Crippen molar-refractivity contribution in [1.82, 2.24) is 19.6 Å². The van der Waals surface area contributed by atoms with Crippen molar-refractivity contribution < 1.29 is 13.9 Å². The third kappa shape index (κ3) is 4.83. The number of benzene rings is 2. The number of amides is 1. The average molecular weight is 437 g/mol. The van der Waals surface area contributed by atoms with E-state index in [9.17, 15) is 9.18 Å². The second-order valence-corrected chi connectivity index (χ2v) is 7.97. The van der Waals surface area contributed by atoms with Gasteiger partial charge in [-0.25, -0.2) is 9.07 Å². The number of carbonyl (C=O) groups is 1. The normalized spacial score (nSPS) is 14.5. The minimum absolute atomic E-state index is 0.125. The Bertz CT molecular complexity index is 1060. The lowest BCUT2D eigenvalue weighted by Gasteiger charge is -2.34. The van der Waals surface area contributed by atoms with Gasteiger partial charge in [-0.05, 0) is 25.1 Å². The van der Waals surface area contributed by atoms with Gasteiger partial charge in [0.2, 0.25) is 11.8 Å². The van der Waals surface area contributed by atoms with Crippen molar-refractivity contribution in [1.29, 1.82) is 0 Å². The maximum Gasteiger partial charge on any atom is 0.222 e. The Morgan fingerprint density at radius 1 is 1.03 bits per heavy atom. The predicted molar refractivity (Wildman–Crippen MR) is 122 cm³/mol. The molecule has 0 radical (unpaired) electrons. The highest BCUT2D eigenvalue weighted by atomic mass is 19.1.